The number of hydrogen-bond acceptors (Lipinski definition) is 2. The molecule has 0 heterocycles. The second-order valence-corrected chi connectivity index (χ2v) is 2.07. The van der Waals surface area contributed by atoms with Gasteiger partial charge in [-0.15, -0.1) is 0 Å². The van der Waals surface area contributed by atoms with E-state index >= 15 is 0 Å². The number of nitrogens with one attached hydrogen (secondary N) is 1. The molecule has 0 aliphatic heterocycles. The smallest absolute Gasteiger partial charge is 0.232 e. The van der Waals surface area contributed by atoms with Crippen LogP contribution in [0.2, 0.25) is 0 Å². The van der Waals surface area contributed by atoms with Gasteiger partial charge in [0.1, 0.15) is 0 Å². The lowest BCUT2D eigenvalue weighted by Gasteiger charge is -1.92. The highest BCUT2D eigenvalue weighted by Crippen LogP contribution is 1.81. The summed E-state index contributed by atoms with van der Waals surface area (Å²) in [6.07, 6.45) is 0. The number of nitrogens with zero attached hydrogens (tertiary/aromatic N) is 1. The van der Waals surface area contributed by atoms with Gasteiger partial charge in [-0.25, -0.2) is 8.93 Å². The molecule has 1 unspecified atom stereocenters. The fourth-order valence-electron chi connectivity index (χ4n) is 0.188. The van der Waals surface area contributed by atoms with Gasteiger partial charge in [0.05, 0.1) is 6.07 Å². The van der Waals surface area contributed by atoms with Gasteiger partial charge in [0.15, 0.2) is 0 Å². The Kier molecular flexibility index (Phi) is 3.88. The Morgan fingerprint density at radius 2 is 2.56 bits per heavy atom. The van der Waals surface area contributed by atoms with E-state index in [2.05, 4.69) is 11.3 Å². The molecule has 0 aliphatic rings. The first-order valence-electron chi connectivity index (χ1n) is 2.09. The van der Waals surface area contributed by atoms with Crippen molar-refractivity contribution >= 4 is 11.3 Å². The summed E-state index contributed by atoms with van der Waals surface area (Å²) in [5.74, 6) is 0. The summed E-state index contributed by atoms with van der Waals surface area (Å²) in [4.78, 5) is 0. The molecule has 0 spiro atoms. The van der Waals surface area contributed by atoms with Crippen LogP contribution in [-0.2, 0) is 11.3 Å². The SMILES string of the molecule is C=C(C#N)CNS(=O)O. The maximum absolute atomic E-state index is 9.87. The van der Waals surface area contributed by atoms with Gasteiger partial charge in [0.2, 0.25) is 11.3 Å². The molecule has 0 saturated carbocycles. The summed E-state index contributed by atoms with van der Waals surface area (Å²) < 4.78 is 20.1. The lowest BCUT2D eigenvalue weighted by atomic mass is 10.4. The fraction of sp³-hybridized carbons (Fsp3) is 0.250. The van der Waals surface area contributed by atoms with Crippen molar-refractivity contribution in [3.63, 3.8) is 0 Å². The zero-order chi connectivity index (χ0) is 7.28. The van der Waals surface area contributed by atoms with Crippen LogP contribution in [-0.4, -0.2) is 15.3 Å². The summed E-state index contributed by atoms with van der Waals surface area (Å²) in [7, 11) is 0. The van der Waals surface area contributed by atoms with E-state index < -0.39 is 11.3 Å². The van der Waals surface area contributed by atoms with Crippen molar-refractivity contribution in [3.05, 3.63) is 12.2 Å². The van der Waals surface area contributed by atoms with Crippen molar-refractivity contribution in [2.24, 2.45) is 0 Å². The molecule has 5 heteroatoms. The van der Waals surface area contributed by atoms with E-state index in [0.29, 0.717) is 0 Å². The van der Waals surface area contributed by atoms with Crippen molar-refractivity contribution in [1.82, 2.24) is 4.72 Å². The van der Waals surface area contributed by atoms with Crippen molar-refractivity contribution in [2.45, 2.75) is 0 Å². The largest absolute Gasteiger partial charge is 0.294 e. The Labute approximate surface area is 55.6 Å². The van der Waals surface area contributed by atoms with Crippen LogP contribution in [0.25, 0.3) is 0 Å². The van der Waals surface area contributed by atoms with Crippen LogP contribution < -0.4 is 4.72 Å². The van der Waals surface area contributed by atoms with Crippen LogP contribution in [0.5, 0.6) is 0 Å². The Balaban J connectivity index is 3.43. The van der Waals surface area contributed by atoms with Gasteiger partial charge in [-0.05, 0) is 0 Å². The Morgan fingerprint density at radius 3 is 2.89 bits per heavy atom. The minimum Gasteiger partial charge on any atom is -0.294 e. The highest BCUT2D eigenvalue weighted by atomic mass is 32.2. The predicted molar refractivity (Wildman–Crippen MR) is 33.5 cm³/mol. The first-order chi connectivity index (χ1) is 4.16. The second kappa shape index (κ2) is 4.21. The average molecular weight is 146 g/mol. The molecule has 0 aromatic rings. The summed E-state index contributed by atoms with van der Waals surface area (Å²) in [5, 5.41) is 8.08. The number of nitriles is 1. The third kappa shape index (κ3) is 5.17. The molecule has 0 bridgehead atoms. The highest BCUT2D eigenvalue weighted by molar-refractivity contribution is 7.77. The molecule has 0 aromatic heterocycles. The van der Waals surface area contributed by atoms with Crippen LogP contribution in [0.1, 0.15) is 0 Å². The summed E-state index contributed by atoms with van der Waals surface area (Å²) >= 11 is -2.05. The van der Waals surface area contributed by atoms with E-state index in [1.807, 2.05) is 0 Å². The van der Waals surface area contributed by atoms with E-state index in [4.69, 9.17) is 9.81 Å². The first kappa shape index (κ1) is 8.30. The summed E-state index contributed by atoms with van der Waals surface area (Å²) in [6, 6.07) is 1.72. The molecule has 4 nitrogen and oxygen atoms in total. The molecule has 0 aliphatic carbocycles. The van der Waals surface area contributed by atoms with Crippen molar-refractivity contribution in [3.8, 4) is 6.07 Å². The van der Waals surface area contributed by atoms with Crippen LogP contribution in [0, 0.1) is 11.3 Å². The monoisotopic (exact) mass is 146 g/mol. The Morgan fingerprint density at radius 1 is 2.00 bits per heavy atom. The Hall–Kier alpha value is -0.700. The molecule has 0 saturated heterocycles. The second-order valence-electron chi connectivity index (χ2n) is 1.29. The standard InChI is InChI=1S/C4H6N2O2S/c1-4(2-5)3-6-9(7)8/h6H,1,3H2,(H,7,8). The van der Waals surface area contributed by atoms with Crippen molar-refractivity contribution < 1.29 is 8.76 Å². The minimum absolute atomic E-state index is 0.0552. The molecule has 50 valence electrons. The van der Waals surface area contributed by atoms with E-state index in [1.54, 1.807) is 6.07 Å². The van der Waals surface area contributed by atoms with Crippen LogP contribution in [0.15, 0.2) is 12.2 Å². The molecular formula is C4H6N2O2S. The van der Waals surface area contributed by atoms with Gasteiger partial charge in [-0.3, -0.25) is 4.55 Å². The van der Waals surface area contributed by atoms with Gasteiger partial charge in [0.25, 0.3) is 0 Å². The van der Waals surface area contributed by atoms with Crippen LogP contribution >= 0.6 is 0 Å². The maximum atomic E-state index is 9.87. The van der Waals surface area contributed by atoms with Gasteiger partial charge in [0, 0.05) is 12.1 Å². The zero-order valence-corrected chi connectivity index (χ0v) is 5.44. The molecule has 1 atom stereocenters. The molecule has 0 radical (unpaired) electrons. The van der Waals surface area contributed by atoms with Gasteiger partial charge in [-0.1, -0.05) is 6.58 Å². The van der Waals surface area contributed by atoms with Gasteiger partial charge < -0.3 is 0 Å². The topological polar surface area (TPSA) is 73.1 Å². The van der Waals surface area contributed by atoms with Gasteiger partial charge >= 0.3 is 0 Å². The van der Waals surface area contributed by atoms with Crippen LogP contribution in [0.4, 0.5) is 0 Å². The summed E-state index contributed by atoms with van der Waals surface area (Å²) in [5.41, 5.74) is 0.234. The third-order valence-electron chi connectivity index (χ3n) is 0.567. The van der Waals surface area contributed by atoms with Crippen molar-refractivity contribution in [1.29, 1.82) is 5.26 Å². The number of rotatable bonds is 3. The lowest BCUT2D eigenvalue weighted by Crippen LogP contribution is -2.17. The van der Waals surface area contributed by atoms with E-state index in [-0.39, 0.29) is 12.1 Å². The molecular weight excluding hydrogens is 140 g/mol. The third-order valence-corrected chi connectivity index (χ3v) is 0.958. The van der Waals surface area contributed by atoms with E-state index in [0.717, 1.165) is 0 Å². The maximum Gasteiger partial charge on any atom is 0.232 e. The normalized spacial score (nSPS) is 12.0. The van der Waals surface area contributed by atoms with Crippen LogP contribution in [0.3, 0.4) is 0 Å². The van der Waals surface area contributed by atoms with E-state index in [1.165, 1.54) is 0 Å². The van der Waals surface area contributed by atoms with Gasteiger partial charge in [-0.2, -0.15) is 5.26 Å². The summed E-state index contributed by atoms with van der Waals surface area (Å²) in [6.45, 7) is 3.33. The zero-order valence-electron chi connectivity index (χ0n) is 4.63. The lowest BCUT2D eigenvalue weighted by molar-refractivity contribution is 0.552. The first-order valence-corrected chi connectivity index (χ1v) is 3.19. The van der Waals surface area contributed by atoms with Crippen molar-refractivity contribution in [2.75, 3.05) is 6.54 Å². The minimum atomic E-state index is -2.05. The highest BCUT2D eigenvalue weighted by Gasteiger charge is 1.92. The average Bonchev–Trinajstić information content (AvgIpc) is 1.83. The molecule has 0 rings (SSSR count). The molecule has 0 amide bonds. The Bertz CT molecular complexity index is 172. The predicted octanol–water partition coefficient (Wildman–Crippen LogP) is -0.208. The molecule has 0 aromatic carbocycles. The molecule has 0 fully saturated rings. The molecule has 2 N–H and O–H groups in total. The quantitative estimate of drug-likeness (QED) is 0.427. The number of hydrogen-bond donors (Lipinski definition) is 2. The van der Waals surface area contributed by atoms with E-state index in [9.17, 15) is 4.21 Å². The molecule has 9 heavy (non-hydrogen) atoms. The fourth-order valence-corrected chi connectivity index (χ4v) is 0.486.